The van der Waals surface area contributed by atoms with E-state index in [9.17, 15) is 4.79 Å². The molecule has 0 radical (unpaired) electrons. The van der Waals surface area contributed by atoms with E-state index in [2.05, 4.69) is 30.8 Å². The first-order valence-electron chi connectivity index (χ1n) is 9.22. The van der Waals surface area contributed by atoms with Gasteiger partial charge in [0.25, 0.3) is 5.91 Å². The first-order valence-corrected chi connectivity index (χ1v) is 9.22. The fourth-order valence-corrected chi connectivity index (χ4v) is 3.46. The number of morpholine rings is 1. The number of amides is 1. The van der Waals surface area contributed by atoms with Gasteiger partial charge in [0.1, 0.15) is 11.6 Å². The number of carbonyl (C=O) groups is 1. The standard InChI is InChI=1S/C20H23N5O2/c1-15-23-17-6-2-3-7-18(17)25(15)10-9-22-20(26)16-5-4-8-21-19(16)24-11-13-27-14-12-24/h2-8H,9-14H2,1H3,(H,22,26). The number of para-hydroxylation sites is 2. The summed E-state index contributed by atoms with van der Waals surface area (Å²) in [5.41, 5.74) is 2.66. The molecule has 3 heterocycles. The molecule has 1 saturated heterocycles. The van der Waals surface area contributed by atoms with Crippen LogP contribution in [0.1, 0.15) is 16.2 Å². The van der Waals surface area contributed by atoms with Crippen molar-refractivity contribution in [2.45, 2.75) is 13.5 Å². The Morgan fingerprint density at radius 3 is 2.85 bits per heavy atom. The van der Waals surface area contributed by atoms with Gasteiger partial charge in [0, 0.05) is 32.4 Å². The molecule has 2 aromatic heterocycles. The van der Waals surface area contributed by atoms with Crippen molar-refractivity contribution in [1.82, 2.24) is 19.9 Å². The van der Waals surface area contributed by atoms with E-state index in [1.165, 1.54) is 0 Å². The lowest BCUT2D eigenvalue weighted by molar-refractivity contribution is 0.0950. The number of fused-ring (bicyclic) bond motifs is 1. The maximum absolute atomic E-state index is 12.8. The van der Waals surface area contributed by atoms with Crippen LogP contribution in [-0.2, 0) is 11.3 Å². The molecule has 1 aromatic carbocycles. The van der Waals surface area contributed by atoms with Crippen molar-refractivity contribution >= 4 is 22.8 Å². The smallest absolute Gasteiger partial charge is 0.255 e. The van der Waals surface area contributed by atoms with Crippen LogP contribution in [0.3, 0.4) is 0 Å². The minimum Gasteiger partial charge on any atom is -0.378 e. The molecule has 0 atom stereocenters. The summed E-state index contributed by atoms with van der Waals surface area (Å²) >= 11 is 0. The van der Waals surface area contributed by atoms with Gasteiger partial charge in [-0.05, 0) is 31.2 Å². The SMILES string of the molecule is Cc1nc2ccccc2n1CCNC(=O)c1cccnc1N1CCOCC1. The summed E-state index contributed by atoms with van der Waals surface area (Å²) in [4.78, 5) is 23.9. The zero-order valence-electron chi connectivity index (χ0n) is 15.4. The predicted molar refractivity (Wildman–Crippen MR) is 104 cm³/mol. The molecule has 27 heavy (non-hydrogen) atoms. The van der Waals surface area contributed by atoms with Crippen molar-refractivity contribution in [3.05, 3.63) is 54.0 Å². The minimum atomic E-state index is -0.105. The molecule has 0 saturated carbocycles. The quantitative estimate of drug-likeness (QED) is 0.749. The summed E-state index contributed by atoms with van der Waals surface area (Å²) in [6.07, 6.45) is 1.72. The second kappa shape index (κ2) is 7.75. The van der Waals surface area contributed by atoms with E-state index in [1.807, 2.05) is 31.2 Å². The highest BCUT2D eigenvalue weighted by atomic mass is 16.5. The van der Waals surface area contributed by atoms with Gasteiger partial charge in [0.15, 0.2) is 0 Å². The molecular formula is C20H23N5O2. The lowest BCUT2D eigenvalue weighted by Gasteiger charge is -2.29. The largest absolute Gasteiger partial charge is 0.378 e. The van der Waals surface area contributed by atoms with Gasteiger partial charge in [-0.15, -0.1) is 0 Å². The van der Waals surface area contributed by atoms with Gasteiger partial charge >= 0.3 is 0 Å². The van der Waals surface area contributed by atoms with Crippen molar-refractivity contribution in [3.8, 4) is 0 Å². The lowest BCUT2D eigenvalue weighted by Crippen LogP contribution is -2.38. The molecule has 3 aromatic rings. The monoisotopic (exact) mass is 365 g/mol. The van der Waals surface area contributed by atoms with Gasteiger partial charge in [-0.3, -0.25) is 4.79 Å². The first kappa shape index (κ1) is 17.5. The number of aryl methyl sites for hydroxylation is 1. The average molecular weight is 365 g/mol. The van der Waals surface area contributed by atoms with Gasteiger partial charge < -0.3 is 19.5 Å². The highest BCUT2D eigenvalue weighted by Crippen LogP contribution is 2.18. The van der Waals surface area contributed by atoms with E-state index in [-0.39, 0.29) is 5.91 Å². The van der Waals surface area contributed by atoms with Crippen LogP contribution in [0, 0.1) is 6.92 Å². The van der Waals surface area contributed by atoms with E-state index in [1.54, 1.807) is 12.3 Å². The van der Waals surface area contributed by atoms with Crippen LogP contribution < -0.4 is 10.2 Å². The third-order valence-corrected chi connectivity index (χ3v) is 4.81. The van der Waals surface area contributed by atoms with Crippen LogP contribution in [0.5, 0.6) is 0 Å². The Hall–Kier alpha value is -2.93. The maximum atomic E-state index is 12.8. The molecular weight excluding hydrogens is 342 g/mol. The molecule has 1 fully saturated rings. The van der Waals surface area contributed by atoms with Gasteiger partial charge in [-0.1, -0.05) is 12.1 Å². The number of pyridine rings is 1. The first-order chi connectivity index (χ1) is 13.2. The molecule has 4 rings (SSSR count). The molecule has 1 N–H and O–H groups in total. The van der Waals surface area contributed by atoms with E-state index in [4.69, 9.17) is 4.74 Å². The topological polar surface area (TPSA) is 72.3 Å². The third-order valence-electron chi connectivity index (χ3n) is 4.81. The van der Waals surface area contributed by atoms with E-state index >= 15 is 0 Å². The van der Waals surface area contributed by atoms with Crippen molar-refractivity contribution in [2.24, 2.45) is 0 Å². The molecule has 1 amide bonds. The molecule has 1 aliphatic rings. The Morgan fingerprint density at radius 1 is 1.19 bits per heavy atom. The summed E-state index contributed by atoms with van der Waals surface area (Å²) in [6.45, 7) is 5.99. The fraction of sp³-hybridized carbons (Fsp3) is 0.350. The Balaban J connectivity index is 1.45. The second-order valence-electron chi connectivity index (χ2n) is 6.53. The van der Waals surface area contributed by atoms with Crippen LogP contribution in [-0.4, -0.2) is 53.3 Å². The van der Waals surface area contributed by atoms with E-state index in [0.29, 0.717) is 31.9 Å². The summed E-state index contributed by atoms with van der Waals surface area (Å²) in [6, 6.07) is 11.7. The molecule has 0 spiro atoms. The Kier molecular flexibility index (Phi) is 5.02. The summed E-state index contributed by atoms with van der Waals surface area (Å²) < 4.78 is 7.52. The summed E-state index contributed by atoms with van der Waals surface area (Å²) in [5, 5.41) is 3.02. The highest BCUT2D eigenvalue weighted by molar-refractivity contribution is 5.98. The number of ether oxygens (including phenoxy) is 1. The number of nitrogens with zero attached hydrogens (tertiary/aromatic N) is 4. The van der Waals surface area contributed by atoms with E-state index in [0.717, 1.165) is 35.8 Å². The second-order valence-corrected chi connectivity index (χ2v) is 6.53. The summed E-state index contributed by atoms with van der Waals surface area (Å²) in [5.74, 6) is 1.56. The Morgan fingerprint density at radius 2 is 2.00 bits per heavy atom. The minimum absolute atomic E-state index is 0.105. The van der Waals surface area contributed by atoms with Crippen LogP contribution in [0.15, 0.2) is 42.6 Å². The van der Waals surface area contributed by atoms with Crippen molar-refractivity contribution in [3.63, 3.8) is 0 Å². The van der Waals surface area contributed by atoms with Crippen LogP contribution in [0.4, 0.5) is 5.82 Å². The summed E-state index contributed by atoms with van der Waals surface area (Å²) in [7, 11) is 0. The predicted octanol–water partition coefficient (Wildman–Crippen LogP) is 2.01. The third kappa shape index (κ3) is 3.64. The lowest BCUT2D eigenvalue weighted by atomic mass is 10.2. The zero-order chi connectivity index (χ0) is 18.6. The Bertz CT molecular complexity index is 946. The number of benzene rings is 1. The molecule has 1 aliphatic heterocycles. The number of aromatic nitrogens is 3. The van der Waals surface area contributed by atoms with Crippen LogP contribution >= 0.6 is 0 Å². The maximum Gasteiger partial charge on any atom is 0.255 e. The van der Waals surface area contributed by atoms with Gasteiger partial charge in [-0.2, -0.15) is 0 Å². The average Bonchev–Trinajstić information content (AvgIpc) is 3.04. The molecule has 0 aliphatic carbocycles. The van der Waals surface area contributed by atoms with Crippen LogP contribution in [0.25, 0.3) is 11.0 Å². The van der Waals surface area contributed by atoms with Crippen molar-refractivity contribution < 1.29 is 9.53 Å². The van der Waals surface area contributed by atoms with Gasteiger partial charge in [0.2, 0.25) is 0 Å². The number of imidazole rings is 1. The molecule has 0 unspecified atom stereocenters. The van der Waals surface area contributed by atoms with Gasteiger partial charge in [-0.25, -0.2) is 9.97 Å². The zero-order valence-corrected chi connectivity index (χ0v) is 15.4. The normalized spacial score (nSPS) is 14.5. The van der Waals surface area contributed by atoms with Gasteiger partial charge in [0.05, 0.1) is 29.8 Å². The number of anilines is 1. The molecule has 7 nitrogen and oxygen atoms in total. The highest BCUT2D eigenvalue weighted by Gasteiger charge is 2.19. The number of carbonyl (C=O) groups excluding carboxylic acids is 1. The van der Waals surface area contributed by atoms with Crippen molar-refractivity contribution in [2.75, 3.05) is 37.7 Å². The molecule has 0 bridgehead atoms. The number of nitrogens with one attached hydrogen (secondary N) is 1. The Labute approximate surface area is 158 Å². The number of rotatable bonds is 5. The molecule has 140 valence electrons. The number of hydrogen-bond acceptors (Lipinski definition) is 5. The number of hydrogen-bond donors (Lipinski definition) is 1. The fourth-order valence-electron chi connectivity index (χ4n) is 3.46. The molecule has 7 heteroatoms. The van der Waals surface area contributed by atoms with E-state index < -0.39 is 0 Å². The van der Waals surface area contributed by atoms with Crippen molar-refractivity contribution in [1.29, 1.82) is 0 Å². The van der Waals surface area contributed by atoms with Crippen LogP contribution in [0.2, 0.25) is 0 Å².